The van der Waals surface area contributed by atoms with Gasteiger partial charge in [-0.3, -0.25) is 0 Å². The van der Waals surface area contributed by atoms with Crippen LogP contribution < -0.4 is 10.5 Å². The maximum Gasteiger partial charge on any atom is 0.142 e. The summed E-state index contributed by atoms with van der Waals surface area (Å²) in [5.74, 6) is 0.888. The van der Waals surface area contributed by atoms with Crippen LogP contribution in [0.25, 0.3) is 22.4 Å². The molecule has 1 aromatic heterocycles. The quantitative estimate of drug-likeness (QED) is 0.642. The number of ether oxygens (including phenoxy) is 1. The van der Waals surface area contributed by atoms with Crippen LogP contribution in [-0.2, 0) is 0 Å². The van der Waals surface area contributed by atoms with Gasteiger partial charge in [-0.05, 0) is 37.6 Å². The van der Waals surface area contributed by atoms with Gasteiger partial charge in [0.2, 0.25) is 0 Å². The highest BCUT2D eigenvalue weighted by atomic mass is 79.9. The molecule has 0 radical (unpaired) electrons. The van der Waals surface area contributed by atoms with Crippen molar-refractivity contribution in [2.45, 2.75) is 13.8 Å². The van der Waals surface area contributed by atoms with Crippen molar-refractivity contribution < 1.29 is 4.74 Å². The Bertz CT molecular complexity index is 1020. The van der Waals surface area contributed by atoms with Crippen molar-refractivity contribution in [3.63, 3.8) is 0 Å². The fraction of sp³-hybridized carbons (Fsp3) is 0.143. The number of hydrogen-bond donors (Lipinski definition) is 1. The van der Waals surface area contributed by atoms with Gasteiger partial charge in [0.1, 0.15) is 23.2 Å². The lowest BCUT2D eigenvalue weighted by Crippen LogP contribution is -2.04. The zero-order chi connectivity index (χ0) is 18.8. The first-order chi connectivity index (χ1) is 12.5. The molecule has 0 aliphatic heterocycles. The summed E-state index contributed by atoms with van der Waals surface area (Å²) in [6.07, 6.45) is 0. The average molecular weight is 408 g/mol. The van der Waals surface area contributed by atoms with Crippen LogP contribution in [0, 0.1) is 25.2 Å². The minimum atomic E-state index is 0.214. The molecule has 0 saturated carbocycles. The average Bonchev–Trinajstić information content (AvgIpc) is 2.63. The molecule has 5 heteroatoms. The Balaban J connectivity index is 2.37. The number of rotatable bonds is 3. The van der Waals surface area contributed by atoms with Crippen molar-refractivity contribution in [3.8, 4) is 34.2 Å². The van der Waals surface area contributed by atoms with E-state index in [1.165, 1.54) is 5.56 Å². The van der Waals surface area contributed by atoms with E-state index in [2.05, 4.69) is 27.0 Å². The fourth-order valence-electron chi connectivity index (χ4n) is 3.01. The summed E-state index contributed by atoms with van der Waals surface area (Å²) in [5.41, 5.74) is 11.8. The first-order valence-corrected chi connectivity index (χ1v) is 8.86. The normalized spacial score (nSPS) is 10.4. The van der Waals surface area contributed by atoms with Gasteiger partial charge in [-0.2, -0.15) is 5.26 Å². The van der Waals surface area contributed by atoms with Crippen molar-refractivity contribution in [1.29, 1.82) is 5.26 Å². The van der Waals surface area contributed by atoms with E-state index in [9.17, 15) is 5.26 Å². The second-order valence-electron chi connectivity index (χ2n) is 6.04. The van der Waals surface area contributed by atoms with Gasteiger partial charge in [0.25, 0.3) is 0 Å². The topological polar surface area (TPSA) is 71.9 Å². The molecule has 2 N–H and O–H groups in total. The summed E-state index contributed by atoms with van der Waals surface area (Å²) < 4.78 is 6.41. The van der Waals surface area contributed by atoms with Gasteiger partial charge in [0, 0.05) is 21.2 Å². The summed E-state index contributed by atoms with van der Waals surface area (Å²) in [4.78, 5) is 4.51. The molecule has 0 spiro atoms. The van der Waals surface area contributed by atoms with Crippen molar-refractivity contribution in [2.75, 3.05) is 12.8 Å². The van der Waals surface area contributed by atoms with E-state index in [0.717, 1.165) is 32.4 Å². The largest absolute Gasteiger partial charge is 0.496 e. The van der Waals surface area contributed by atoms with E-state index in [4.69, 9.17) is 10.5 Å². The molecular weight excluding hydrogens is 390 g/mol. The summed E-state index contributed by atoms with van der Waals surface area (Å²) in [7, 11) is 1.61. The summed E-state index contributed by atoms with van der Waals surface area (Å²) in [6.45, 7) is 3.99. The summed E-state index contributed by atoms with van der Waals surface area (Å²) >= 11 is 3.50. The molecule has 0 fully saturated rings. The molecule has 130 valence electrons. The molecule has 0 saturated heterocycles. The lowest BCUT2D eigenvalue weighted by molar-refractivity contribution is 0.416. The molecule has 2 aromatic carbocycles. The van der Waals surface area contributed by atoms with Gasteiger partial charge >= 0.3 is 0 Å². The standard InChI is InChI=1S/C21H18BrN3O/c1-12-4-6-14(7-5-12)20-13(2)19(17(11-23)21(24)25-20)16-10-15(22)8-9-18(16)26-3/h4-10H,1-3H3,(H2,24,25). The number of aryl methyl sites for hydroxylation is 1. The van der Waals surface area contributed by atoms with Gasteiger partial charge in [0.15, 0.2) is 0 Å². The molecule has 3 aromatic rings. The molecule has 3 rings (SSSR count). The lowest BCUT2D eigenvalue weighted by atomic mass is 9.92. The maximum absolute atomic E-state index is 9.69. The number of halogens is 1. The molecule has 0 aliphatic carbocycles. The highest BCUT2D eigenvalue weighted by Gasteiger charge is 2.21. The van der Waals surface area contributed by atoms with Crippen LogP contribution in [0.2, 0.25) is 0 Å². The van der Waals surface area contributed by atoms with Crippen LogP contribution in [0.5, 0.6) is 5.75 Å². The zero-order valence-corrected chi connectivity index (χ0v) is 16.4. The Hall–Kier alpha value is -2.84. The van der Waals surface area contributed by atoms with Gasteiger partial charge in [-0.25, -0.2) is 4.98 Å². The molecule has 0 bridgehead atoms. The Labute approximate surface area is 161 Å². The zero-order valence-electron chi connectivity index (χ0n) is 14.8. The molecule has 4 nitrogen and oxygen atoms in total. The second-order valence-corrected chi connectivity index (χ2v) is 6.96. The van der Waals surface area contributed by atoms with Crippen LogP contribution >= 0.6 is 15.9 Å². The van der Waals surface area contributed by atoms with Crippen molar-refractivity contribution in [3.05, 3.63) is 63.6 Å². The molecule has 0 aliphatic rings. The Morgan fingerprint density at radius 3 is 2.42 bits per heavy atom. The van der Waals surface area contributed by atoms with E-state index in [0.29, 0.717) is 11.3 Å². The number of nitriles is 1. The van der Waals surface area contributed by atoms with Crippen LogP contribution in [0.15, 0.2) is 46.9 Å². The Morgan fingerprint density at radius 1 is 1.12 bits per heavy atom. The number of methoxy groups -OCH3 is 1. The smallest absolute Gasteiger partial charge is 0.142 e. The summed E-state index contributed by atoms with van der Waals surface area (Å²) in [6, 6.07) is 16.0. The predicted molar refractivity (Wildman–Crippen MR) is 108 cm³/mol. The predicted octanol–water partition coefficient (Wildman–Crippen LogP) is 5.26. The number of nitrogen functional groups attached to an aromatic ring is 1. The number of nitrogens with two attached hydrogens (primary N) is 1. The minimum absolute atomic E-state index is 0.214. The van der Waals surface area contributed by atoms with Gasteiger partial charge in [-0.15, -0.1) is 0 Å². The van der Waals surface area contributed by atoms with E-state index in [-0.39, 0.29) is 5.82 Å². The first kappa shape index (κ1) is 18.0. The van der Waals surface area contributed by atoms with Crippen molar-refractivity contribution >= 4 is 21.7 Å². The van der Waals surface area contributed by atoms with E-state index in [1.54, 1.807) is 7.11 Å². The molecule has 0 atom stereocenters. The summed E-state index contributed by atoms with van der Waals surface area (Å²) in [5, 5.41) is 9.69. The van der Waals surface area contributed by atoms with Gasteiger partial charge in [-0.1, -0.05) is 45.8 Å². The number of pyridine rings is 1. The lowest BCUT2D eigenvalue weighted by Gasteiger charge is -2.17. The fourth-order valence-corrected chi connectivity index (χ4v) is 3.37. The van der Waals surface area contributed by atoms with Crippen LogP contribution in [-0.4, -0.2) is 12.1 Å². The Kier molecular flexibility index (Phi) is 4.97. The van der Waals surface area contributed by atoms with Crippen LogP contribution in [0.3, 0.4) is 0 Å². The van der Waals surface area contributed by atoms with Crippen molar-refractivity contribution in [2.24, 2.45) is 0 Å². The van der Waals surface area contributed by atoms with E-state index in [1.807, 2.05) is 56.3 Å². The highest BCUT2D eigenvalue weighted by Crippen LogP contribution is 2.41. The Morgan fingerprint density at radius 2 is 1.81 bits per heavy atom. The highest BCUT2D eigenvalue weighted by molar-refractivity contribution is 9.10. The third-order valence-electron chi connectivity index (χ3n) is 4.34. The number of benzene rings is 2. The molecule has 0 unspecified atom stereocenters. The SMILES string of the molecule is COc1ccc(Br)cc1-c1c(C)c(-c2ccc(C)cc2)nc(N)c1C#N. The number of hydrogen-bond acceptors (Lipinski definition) is 4. The van der Waals surface area contributed by atoms with E-state index >= 15 is 0 Å². The van der Waals surface area contributed by atoms with E-state index < -0.39 is 0 Å². The monoisotopic (exact) mass is 407 g/mol. The molecule has 1 heterocycles. The third-order valence-corrected chi connectivity index (χ3v) is 4.83. The number of anilines is 1. The number of nitrogens with zero attached hydrogens (tertiary/aromatic N) is 2. The molecule has 26 heavy (non-hydrogen) atoms. The van der Waals surface area contributed by atoms with Gasteiger partial charge in [0.05, 0.1) is 12.8 Å². The first-order valence-electron chi connectivity index (χ1n) is 8.07. The van der Waals surface area contributed by atoms with Crippen LogP contribution in [0.4, 0.5) is 5.82 Å². The molecule has 0 amide bonds. The maximum atomic E-state index is 9.69. The minimum Gasteiger partial charge on any atom is -0.496 e. The molecular formula is C21H18BrN3O. The van der Waals surface area contributed by atoms with Gasteiger partial charge < -0.3 is 10.5 Å². The van der Waals surface area contributed by atoms with Crippen LogP contribution in [0.1, 0.15) is 16.7 Å². The number of aromatic nitrogens is 1. The van der Waals surface area contributed by atoms with Crippen molar-refractivity contribution in [1.82, 2.24) is 4.98 Å². The third kappa shape index (κ3) is 3.16. The second kappa shape index (κ2) is 7.19.